The summed E-state index contributed by atoms with van der Waals surface area (Å²) in [7, 11) is 0. The largest absolute Gasteiger partial charge is 0.396 e. The zero-order valence-corrected chi connectivity index (χ0v) is 18.2. The molecule has 0 amide bonds. The molecular formula is C23H44O4. The van der Waals surface area contributed by atoms with Crippen LogP contribution in [-0.2, 0) is 9.47 Å². The van der Waals surface area contributed by atoms with Crippen LogP contribution in [0.25, 0.3) is 0 Å². The van der Waals surface area contributed by atoms with Gasteiger partial charge in [-0.25, -0.2) is 0 Å². The molecule has 4 heteroatoms. The average Bonchev–Trinajstić information content (AvgIpc) is 3.52. The Bertz CT molecular complexity index is 391. The zero-order valence-electron chi connectivity index (χ0n) is 18.2. The van der Waals surface area contributed by atoms with Crippen LogP contribution in [0.3, 0.4) is 0 Å². The lowest BCUT2D eigenvalue weighted by Crippen LogP contribution is -2.39. The topological polar surface area (TPSA) is 62.2 Å². The number of epoxide rings is 1. The monoisotopic (exact) mass is 384 g/mol. The van der Waals surface area contributed by atoms with Gasteiger partial charge in [0.1, 0.15) is 0 Å². The van der Waals surface area contributed by atoms with Crippen molar-refractivity contribution >= 4 is 0 Å². The summed E-state index contributed by atoms with van der Waals surface area (Å²) in [5.41, 5.74) is 0.392. The first kappa shape index (κ1) is 23.1. The predicted molar refractivity (Wildman–Crippen MR) is 110 cm³/mol. The number of hydrogen-bond acceptors (Lipinski definition) is 4. The molecule has 1 heterocycles. The minimum Gasteiger partial charge on any atom is -0.396 e. The van der Waals surface area contributed by atoms with E-state index in [4.69, 9.17) is 14.6 Å². The molecule has 27 heavy (non-hydrogen) atoms. The normalized spacial score (nSPS) is 35.1. The Morgan fingerprint density at radius 1 is 1.00 bits per heavy atom. The van der Waals surface area contributed by atoms with Gasteiger partial charge in [0, 0.05) is 12.5 Å². The van der Waals surface area contributed by atoms with E-state index in [2.05, 4.69) is 20.8 Å². The fourth-order valence-electron chi connectivity index (χ4n) is 4.78. The second kappa shape index (κ2) is 11.1. The van der Waals surface area contributed by atoms with E-state index in [9.17, 15) is 5.11 Å². The molecule has 0 aromatic carbocycles. The third-order valence-corrected chi connectivity index (χ3v) is 7.26. The van der Waals surface area contributed by atoms with E-state index in [0.29, 0.717) is 24.2 Å². The van der Waals surface area contributed by atoms with Crippen molar-refractivity contribution in [2.24, 2.45) is 23.2 Å². The molecule has 2 atom stereocenters. The smallest absolute Gasteiger partial charge is 0.0807 e. The maximum absolute atomic E-state index is 9.73. The van der Waals surface area contributed by atoms with Gasteiger partial charge >= 0.3 is 0 Å². The highest BCUT2D eigenvalue weighted by Crippen LogP contribution is 2.48. The van der Waals surface area contributed by atoms with Crippen molar-refractivity contribution < 1.29 is 19.7 Å². The van der Waals surface area contributed by atoms with E-state index < -0.39 is 0 Å². The third-order valence-electron chi connectivity index (χ3n) is 7.26. The number of rotatable bonds is 7. The molecule has 0 radical (unpaired) electrons. The van der Waals surface area contributed by atoms with Crippen molar-refractivity contribution in [3.8, 4) is 0 Å². The standard InChI is InChI=1S/C19H36O3.C4H8O/c1-14(12-20)13-22-18-10-6-16(7-11-18)19(2,3)15-4-8-17(21)9-5-15;1-2-4-3-5-4/h14-18,20-21H,4-13H2,1-3H3;4H,2-3H2,1H3. The van der Waals surface area contributed by atoms with Crippen LogP contribution in [0.4, 0.5) is 0 Å². The van der Waals surface area contributed by atoms with Gasteiger partial charge in [0.2, 0.25) is 0 Å². The van der Waals surface area contributed by atoms with Crippen molar-refractivity contribution in [2.75, 3.05) is 19.8 Å². The van der Waals surface area contributed by atoms with Crippen molar-refractivity contribution in [1.29, 1.82) is 0 Å². The van der Waals surface area contributed by atoms with E-state index in [1.54, 1.807) is 0 Å². The quantitative estimate of drug-likeness (QED) is 0.632. The van der Waals surface area contributed by atoms with Crippen LogP contribution in [0.1, 0.15) is 85.5 Å². The molecule has 0 aromatic rings. The lowest BCUT2D eigenvalue weighted by molar-refractivity contribution is -0.0352. The van der Waals surface area contributed by atoms with Crippen LogP contribution in [0.5, 0.6) is 0 Å². The summed E-state index contributed by atoms with van der Waals surface area (Å²) in [5.74, 6) is 1.82. The first-order chi connectivity index (χ1) is 12.9. The maximum atomic E-state index is 9.73. The molecule has 3 aliphatic rings. The average molecular weight is 385 g/mol. The van der Waals surface area contributed by atoms with Crippen molar-refractivity contribution in [3.05, 3.63) is 0 Å². The van der Waals surface area contributed by atoms with Crippen LogP contribution < -0.4 is 0 Å². The van der Waals surface area contributed by atoms with E-state index in [1.807, 2.05) is 6.92 Å². The number of ether oxygens (including phenoxy) is 2. The molecule has 0 aromatic heterocycles. The van der Waals surface area contributed by atoms with Crippen molar-refractivity contribution in [3.63, 3.8) is 0 Å². The van der Waals surface area contributed by atoms with Gasteiger partial charge < -0.3 is 19.7 Å². The van der Waals surface area contributed by atoms with Crippen LogP contribution in [0.15, 0.2) is 0 Å². The molecule has 2 unspecified atom stereocenters. The van der Waals surface area contributed by atoms with E-state index in [-0.39, 0.29) is 18.6 Å². The Kier molecular flexibility index (Phi) is 9.54. The lowest BCUT2D eigenvalue weighted by atomic mass is 9.60. The summed E-state index contributed by atoms with van der Waals surface area (Å²) in [5, 5.41) is 18.8. The fourth-order valence-corrected chi connectivity index (χ4v) is 4.78. The van der Waals surface area contributed by atoms with Gasteiger partial charge in [-0.05, 0) is 75.0 Å². The molecule has 1 aliphatic heterocycles. The molecular weight excluding hydrogens is 340 g/mol. The molecule has 0 bridgehead atoms. The SMILES string of the molecule is CC(CO)COC1CCC(C(C)(C)C2CCC(O)CC2)CC1.CCC1CO1. The first-order valence-electron chi connectivity index (χ1n) is 11.4. The van der Waals surface area contributed by atoms with Crippen LogP contribution >= 0.6 is 0 Å². The Balaban J connectivity index is 0.000000451. The molecule has 160 valence electrons. The van der Waals surface area contributed by atoms with E-state index in [1.165, 1.54) is 44.9 Å². The highest BCUT2D eigenvalue weighted by atomic mass is 16.6. The minimum absolute atomic E-state index is 0.0512. The summed E-state index contributed by atoms with van der Waals surface area (Å²) in [6.07, 6.45) is 11.4. The molecule has 3 rings (SSSR count). The Morgan fingerprint density at radius 2 is 1.52 bits per heavy atom. The van der Waals surface area contributed by atoms with Gasteiger partial charge in [-0.1, -0.05) is 27.7 Å². The van der Waals surface area contributed by atoms with Crippen molar-refractivity contribution in [1.82, 2.24) is 0 Å². The zero-order chi connectivity index (χ0) is 19.9. The van der Waals surface area contributed by atoms with Gasteiger partial charge in [0.15, 0.2) is 0 Å². The van der Waals surface area contributed by atoms with Crippen LogP contribution in [0.2, 0.25) is 0 Å². The van der Waals surface area contributed by atoms with Gasteiger partial charge in [-0.3, -0.25) is 0 Å². The summed E-state index contributed by atoms with van der Waals surface area (Å²) in [6.45, 7) is 11.0. The van der Waals surface area contributed by atoms with Gasteiger partial charge in [-0.2, -0.15) is 0 Å². The van der Waals surface area contributed by atoms with Gasteiger partial charge in [0.05, 0.1) is 31.5 Å². The predicted octanol–water partition coefficient (Wildman–Crippen LogP) is 4.56. The Hall–Kier alpha value is -0.160. The molecule has 2 saturated carbocycles. The maximum Gasteiger partial charge on any atom is 0.0807 e. The highest BCUT2D eigenvalue weighted by molar-refractivity contribution is 4.90. The minimum atomic E-state index is -0.0512. The number of aliphatic hydroxyl groups excluding tert-OH is 2. The number of hydrogen-bond donors (Lipinski definition) is 2. The fraction of sp³-hybridized carbons (Fsp3) is 1.00. The van der Waals surface area contributed by atoms with Crippen LogP contribution in [0, 0.1) is 23.2 Å². The van der Waals surface area contributed by atoms with Crippen LogP contribution in [-0.4, -0.2) is 48.3 Å². The summed E-state index contributed by atoms with van der Waals surface area (Å²) < 4.78 is 10.8. The van der Waals surface area contributed by atoms with Gasteiger partial charge in [-0.15, -0.1) is 0 Å². The Labute approximate surface area is 167 Å². The van der Waals surface area contributed by atoms with Gasteiger partial charge in [0.25, 0.3) is 0 Å². The molecule has 2 N–H and O–H groups in total. The molecule has 3 fully saturated rings. The molecule has 0 spiro atoms. The summed E-state index contributed by atoms with van der Waals surface area (Å²) >= 11 is 0. The second-order valence-corrected chi connectivity index (χ2v) is 9.79. The van der Waals surface area contributed by atoms with E-state index >= 15 is 0 Å². The summed E-state index contributed by atoms with van der Waals surface area (Å²) in [6, 6.07) is 0. The lowest BCUT2D eigenvalue weighted by Gasteiger charge is -2.46. The Morgan fingerprint density at radius 3 is 1.93 bits per heavy atom. The summed E-state index contributed by atoms with van der Waals surface area (Å²) in [4.78, 5) is 0. The second-order valence-electron chi connectivity index (χ2n) is 9.79. The molecule has 2 aliphatic carbocycles. The van der Waals surface area contributed by atoms with E-state index in [0.717, 1.165) is 31.3 Å². The third kappa shape index (κ3) is 7.64. The number of aliphatic hydroxyl groups is 2. The molecule has 1 saturated heterocycles. The molecule has 4 nitrogen and oxygen atoms in total. The first-order valence-corrected chi connectivity index (χ1v) is 11.4. The van der Waals surface area contributed by atoms with Crippen molar-refractivity contribution in [2.45, 2.75) is 104 Å². The highest BCUT2D eigenvalue weighted by Gasteiger charge is 2.40.